The van der Waals surface area contributed by atoms with Crippen LogP contribution in [-0.2, 0) is 4.79 Å². The summed E-state index contributed by atoms with van der Waals surface area (Å²) in [5, 5.41) is 2.23. The van der Waals surface area contributed by atoms with Gasteiger partial charge in [-0.3, -0.25) is 4.79 Å². The molecule has 1 amide bonds. The smallest absolute Gasteiger partial charge is 0.254 e. The van der Waals surface area contributed by atoms with E-state index >= 15 is 0 Å². The maximum absolute atomic E-state index is 12.6. The van der Waals surface area contributed by atoms with Gasteiger partial charge in [-0.1, -0.05) is 30.3 Å². The Labute approximate surface area is 80.9 Å². The van der Waals surface area contributed by atoms with Crippen molar-refractivity contribution in [2.45, 2.75) is 12.3 Å². The van der Waals surface area contributed by atoms with Crippen LogP contribution in [0.2, 0.25) is 0 Å². The number of amides is 1. The van der Waals surface area contributed by atoms with Gasteiger partial charge in [0.05, 0.1) is 0 Å². The maximum Gasteiger partial charge on any atom is 0.254 e. The molecule has 1 aromatic carbocycles. The van der Waals surface area contributed by atoms with Gasteiger partial charge in [-0.2, -0.15) is 0 Å². The lowest BCUT2D eigenvalue weighted by Gasteiger charge is -2.14. The third-order valence-electron chi connectivity index (χ3n) is 1.94. The van der Waals surface area contributed by atoms with Crippen LogP contribution < -0.4 is 5.32 Å². The summed E-state index contributed by atoms with van der Waals surface area (Å²) in [5.74, 6) is -2.03. The molecular weight excluding hydrogens is 188 g/mol. The highest BCUT2D eigenvalue weighted by Crippen LogP contribution is 2.22. The van der Waals surface area contributed by atoms with Gasteiger partial charge in [0.1, 0.15) is 5.92 Å². The van der Waals surface area contributed by atoms with Gasteiger partial charge in [0.25, 0.3) is 6.43 Å². The van der Waals surface area contributed by atoms with E-state index in [1.807, 2.05) is 0 Å². The van der Waals surface area contributed by atoms with Gasteiger partial charge in [-0.25, -0.2) is 8.78 Å². The highest BCUT2D eigenvalue weighted by molar-refractivity contribution is 5.83. The Morgan fingerprint density at radius 1 is 1.29 bits per heavy atom. The van der Waals surface area contributed by atoms with E-state index < -0.39 is 18.3 Å². The van der Waals surface area contributed by atoms with E-state index in [2.05, 4.69) is 5.32 Å². The Bertz CT molecular complexity index is 300. The number of carbonyl (C=O) groups excluding carboxylic acids is 1. The van der Waals surface area contributed by atoms with Crippen molar-refractivity contribution < 1.29 is 13.6 Å². The number of rotatable bonds is 3. The molecule has 0 heterocycles. The first-order chi connectivity index (χ1) is 6.66. The molecule has 76 valence electrons. The van der Waals surface area contributed by atoms with Gasteiger partial charge >= 0.3 is 0 Å². The summed E-state index contributed by atoms with van der Waals surface area (Å²) >= 11 is 0. The Morgan fingerprint density at radius 3 is 2.29 bits per heavy atom. The van der Waals surface area contributed by atoms with Crippen molar-refractivity contribution in [1.82, 2.24) is 5.32 Å². The van der Waals surface area contributed by atoms with E-state index in [0.717, 1.165) is 0 Å². The van der Waals surface area contributed by atoms with Crippen molar-refractivity contribution in [2.75, 3.05) is 7.05 Å². The van der Waals surface area contributed by atoms with Gasteiger partial charge in [0.15, 0.2) is 0 Å². The van der Waals surface area contributed by atoms with Crippen LogP contribution in [0.3, 0.4) is 0 Å². The summed E-state index contributed by atoms with van der Waals surface area (Å²) in [5.41, 5.74) is 0.335. The van der Waals surface area contributed by atoms with Gasteiger partial charge in [-0.05, 0) is 5.56 Å². The number of likely N-dealkylation sites (N-methyl/N-ethyl adjacent to an activating group) is 1. The van der Waals surface area contributed by atoms with Crippen LogP contribution in [0.1, 0.15) is 11.5 Å². The molecule has 0 unspecified atom stereocenters. The number of alkyl halides is 2. The molecule has 0 aliphatic rings. The topological polar surface area (TPSA) is 29.1 Å². The lowest BCUT2D eigenvalue weighted by Crippen LogP contribution is -2.30. The van der Waals surface area contributed by atoms with Gasteiger partial charge < -0.3 is 5.32 Å². The SMILES string of the molecule is CNC(=O)[C@H](c1ccccc1)C(F)F. The largest absolute Gasteiger partial charge is 0.358 e. The summed E-state index contributed by atoms with van der Waals surface area (Å²) in [7, 11) is 1.35. The van der Waals surface area contributed by atoms with Crippen LogP contribution >= 0.6 is 0 Å². The summed E-state index contributed by atoms with van der Waals surface area (Å²) in [4.78, 5) is 11.2. The third-order valence-corrected chi connectivity index (χ3v) is 1.94. The minimum atomic E-state index is -2.68. The van der Waals surface area contributed by atoms with Crippen LogP contribution in [0.4, 0.5) is 8.78 Å². The number of carbonyl (C=O) groups is 1. The average Bonchev–Trinajstić information content (AvgIpc) is 2.19. The molecule has 0 fully saturated rings. The predicted molar refractivity (Wildman–Crippen MR) is 49.3 cm³/mol. The van der Waals surface area contributed by atoms with Crippen molar-refractivity contribution in [3.8, 4) is 0 Å². The van der Waals surface area contributed by atoms with Crippen molar-refractivity contribution in [3.63, 3.8) is 0 Å². The zero-order chi connectivity index (χ0) is 10.6. The fraction of sp³-hybridized carbons (Fsp3) is 0.300. The van der Waals surface area contributed by atoms with Crippen LogP contribution in [-0.4, -0.2) is 19.4 Å². The highest BCUT2D eigenvalue weighted by atomic mass is 19.3. The molecule has 1 aromatic rings. The molecule has 0 saturated carbocycles. The van der Waals surface area contributed by atoms with Crippen LogP contribution in [0.15, 0.2) is 30.3 Å². The van der Waals surface area contributed by atoms with E-state index in [1.54, 1.807) is 18.2 Å². The molecule has 0 aliphatic carbocycles. The fourth-order valence-corrected chi connectivity index (χ4v) is 1.23. The molecule has 0 bridgehead atoms. The molecule has 0 aliphatic heterocycles. The second-order valence-electron chi connectivity index (χ2n) is 2.84. The van der Waals surface area contributed by atoms with Crippen LogP contribution in [0.25, 0.3) is 0 Å². The molecule has 2 nitrogen and oxygen atoms in total. The van der Waals surface area contributed by atoms with Crippen LogP contribution in [0.5, 0.6) is 0 Å². The Hall–Kier alpha value is -1.45. The van der Waals surface area contributed by atoms with Gasteiger partial charge in [-0.15, -0.1) is 0 Å². The molecule has 0 spiro atoms. The lowest BCUT2D eigenvalue weighted by atomic mass is 9.99. The first-order valence-electron chi connectivity index (χ1n) is 4.21. The summed E-state index contributed by atoms with van der Waals surface area (Å²) in [6, 6.07) is 8.02. The normalized spacial score (nSPS) is 12.6. The minimum absolute atomic E-state index is 0.335. The summed E-state index contributed by atoms with van der Waals surface area (Å²) in [6.07, 6.45) is -2.68. The zero-order valence-corrected chi connectivity index (χ0v) is 7.71. The molecule has 1 rings (SSSR count). The second kappa shape index (κ2) is 4.69. The number of hydrogen-bond acceptors (Lipinski definition) is 1. The minimum Gasteiger partial charge on any atom is -0.358 e. The number of benzene rings is 1. The van der Waals surface area contributed by atoms with Crippen molar-refractivity contribution in [2.24, 2.45) is 0 Å². The summed E-state index contributed by atoms with van der Waals surface area (Å²) < 4.78 is 25.1. The Balaban J connectivity index is 2.95. The van der Waals surface area contributed by atoms with E-state index in [0.29, 0.717) is 5.56 Å². The molecule has 0 aromatic heterocycles. The average molecular weight is 199 g/mol. The van der Waals surface area contributed by atoms with E-state index in [1.165, 1.54) is 19.2 Å². The molecule has 1 atom stereocenters. The monoisotopic (exact) mass is 199 g/mol. The fourth-order valence-electron chi connectivity index (χ4n) is 1.23. The molecule has 14 heavy (non-hydrogen) atoms. The van der Waals surface area contributed by atoms with Gasteiger partial charge in [0.2, 0.25) is 5.91 Å². The second-order valence-corrected chi connectivity index (χ2v) is 2.84. The van der Waals surface area contributed by atoms with E-state index in [9.17, 15) is 13.6 Å². The molecule has 0 saturated heterocycles. The zero-order valence-electron chi connectivity index (χ0n) is 7.71. The van der Waals surface area contributed by atoms with E-state index in [4.69, 9.17) is 0 Å². The first-order valence-corrected chi connectivity index (χ1v) is 4.21. The summed E-state index contributed by atoms with van der Waals surface area (Å²) in [6.45, 7) is 0. The quantitative estimate of drug-likeness (QED) is 0.789. The first kappa shape index (κ1) is 10.6. The standard InChI is InChI=1S/C10H11F2NO/c1-13-10(14)8(9(11)12)7-5-3-2-4-6-7/h2-6,8-9H,1H3,(H,13,14)/t8-/m1/s1. The van der Waals surface area contributed by atoms with Crippen molar-refractivity contribution in [3.05, 3.63) is 35.9 Å². The third kappa shape index (κ3) is 2.28. The molecule has 0 radical (unpaired) electrons. The number of nitrogens with one attached hydrogen (secondary N) is 1. The highest BCUT2D eigenvalue weighted by Gasteiger charge is 2.28. The van der Waals surface area contributed by atoms with Crippen molar-refractivity contribution in [1.29, 1.82) is 0 Å². The van der Waals surface area contributed by atoms with E-state index in [-0.39, 0.29) is 0 Å². The maximum atomic E-state index is 12.6. The predicted octanol–water partition coefficient (Wildman–Crippen LogP) is 1.78. The molecule has 4 heteroatoms. The van der Waals surface area contributed by atoms with Crippen molar-refractivity contribution >= 4 is 5.91 Å². The lowest BCUT2D eigenvalue weighted by molar-refractivity contribution is -0.125. The Morgan fingerprint density at radius 2 is 1.86 bits per heavy atom. The molecule has 1 N–H and O–H groups in total. The molecular formula is C10H11F2NO. The van der Waals surface area contributed by atoms with Gasteiger partial charge in [0, 0.05) is 7.05 Å². The Kier molecular flexibility index (Phi) is 3.56. The van der Waals surface area contributed by atoms with Crippen LogP contribution in [0, 0.1) is 0 Å². The number of hydrogen-bond donors (Lipinski definition) is 1. The number of halogens is 2.